The molecule has 1 amide bonds. The number of nitrogens with one attached hydrogen (secondary N) is 1. The van der Waals surface area contributed by atoms with E-state index >= 15 is 0 Å². The van der Waals surface area contributed by atoms with Gasteiger partial charge in [0.1, 0.15) is 5.75 Å². The van der Waals surface area contributed by atoms with Crippen molar-refractivity contribution in [2.45, 2.75) is 6.54 Å². The summed E-state index contributed by atoms with van der Waals surface area (Å²) in [7, 11) is 1.57. The van der Waals surface area contributed by atoms with E-state index in [1.807, 2.05) is 24.3 Å². The quantitative estimate of drug-likeness (QED) is 0.900. The van der Waals surface area contributed by atoms with E-state index in [0.29, 0.717) is 22.9 Å². The van der Waals surface area contributed by atoms with Crippen molar-refractivity contribution >= 4 is 33.4 Å². The Kier molecular flexibility index (Phi) is 5.04. The second-order valence-electron chi connectivity index (χ2n) is 4.13. The summed E-state index contributed by atoms with van der Waals surface area (Å²) in [6.07, 6.45) is 0. The van der Waals surface area contributed by atoms with E-state index in [4.69, 9.17) is 16.3 Å². The van der Waals surface area contributed by atoms with Gasteiger partial charge in [0.15, 0.2) is 0 Å². The topological polar surface area (TPSA) is 38.3 Å². The first kappa shape index (κ1) is 14.9. The lowest BCUT2D eigenvalue weighted by Crippen LogP contribution is -2.23. The van der Waals surface area contributed by atoms with E-state index in [-0.39, 0.29) is 5.91 Å². The van der Waals surface area contributed by atoms with E-state index in [2.05, 4.69) is 21.2 Å². The molecular formula is C15H13BrClNO2. The summed E-state index contributed by atoms with van der Waals surface area (Å²) in [5, 5.41) is 3.38. The standard InChI is InChI=1S/C15H13BrClNO2/c1-20-14-7-6-10(8-13(14)17)9-18-15(19)11-4-2-3-5-12(11)16/h2-8H,9H2,1H3,(H,18,19). The molecule has 3 nitrogen and oxygen atoms in total. The fourth-order valence-corrected chi connectivity index (χ4v) is 2.49. The molecule has 0 unspecified atom stereocenters. The second-order valence-corrected chi connectivity index (χ2v) is 5.39. The fourth-order valence-electron chi connectivity index (χ4n) is 1.74. The number of hydrogen-bond acceptors (Lipinski definition) is 2. The average Bonchev–Trinajstić information content (AvgIpc) is 2.45. The number of benzene rings is 2. The lowest BCUT2D eigenvalue weighted by molar-refractivity contribution is 0.0950. The summed E-state index contributed by atoms with van der Waals surface area (Å²) >= 11 is 9.40. The van der Waals surface area contributed by atoms with Crippen LogP contribution in [0.3, 0.4) is 0 Å². The Balaban J connectivity index is 2.04. The number of amides is 1. The number of carbonyl (C=O) groups excluding carboxylic acids is 1. The molecule has 20 heavy (non-hydrogen) atoms. The number of halogens is 2. The van der Waals surface area contributed by atoms with Crippen LogP contribution in [0, 0.1) is 0 Å². The van der Waals surface area contributed by atoms with Gasteiger partial charge in [0.05, 0.1) is 17.7 Å². The minimum Gasteiger partial charge on any atom is -0.495 e. The molecule has 0 aliphatic carbocycles. The third kappa shape index (κ3) is 3.52. The molecule has 0 radical (unpaired) electrons. The van der Waals surface area contributed by atoms with E-state index in [1.54, 1.807) is 25.3 Å². The monoisotopic (exact) mass is 353 g/mol. The van der Waals surface area contributed by atoms with Gasteiger partial charge in [-0.1, -0.05) is 29.8 Å². The first-order valence-corrected chi connectivity index (χ1v) is 7.14. The number of methoxy groups -OCH3 is 1. The van der Waals surface area contributed by atoms with Crippen molar-refractivity contribution < 1.29 is 9.53 Å². The lowest BCUT2D eigenvalue weighted by atomic mass is 10.2. The highest BCUT2D eigenvalue weighted by molar-refractivity contribution is 9.10. The summed E-state index contributed by atoms with van der Waals surface area (Å²) in [6, 6.07) is 12.7. The van der Waals surface area contributed by atoms with Crippen LogP contribution in [0.4, 0.5) is 0 Å². The molecule has 2 aromatic carbocycles. The van der Waals surface area contributed by atoms with Crippen LogP contribution in [0.15, 0.2) is 46.9 Å². The van der Waals surface area contributed by atoms with Gasteiger partial charge >= 0.3 is 0 Å². The number of hydrogen-bond donors (Lipinski definition) is 1. The number of carbonyl (C=O) groups is 1. The molecule has 0 heterocycles. The minimum atomic E-state index is -0.135. The summed E-state index contributed by atoms with van der Waals surface area (Å²) in [4.78, 5) is 12.0. The maximum Gasteiger partial charge on any atom is 0.252 e. The number of ether oxygens (including phenoxy) is 1. The van der Waals surface area contributed by atoms with E-state index in [9.17, 15) is 4.79 Å². The first-order valence-electron chi connectivity index (χ1n) is 5.97. The van der Waals surface area contributed by atoms with Crippen molar-refractivity contribution in [2.24, 2.45) is 0 Å². The Bertz CT molecular complexity index is 631. The summed E-state index contributed by atoms with van der Waals surface area (Å²) in [6.45, 7) is 0.407. The van der Waals surface area contributed by atoms with Crippen molar-refractivity contribution in [3.05, 3.63) is 63.1 Å². The van der Waals surface area contributed by atoms with Gasteiger partial charge in [-0.15, -0.1) is 0 Å². The maximum absolute atomic E-state index is 12.0. The van der Waals surface area contributed by atoms with Crippen molar-refractivity contribution in [1.82, 2.24) is 5.32 Å². The van der Waals surface area contributed by atoms with E-state index in [1.165, 1.54) is 0 Å². The van der Waals surface area contributed by atoms with Crippen LogP contribution in [-0.2, 0) is 6.54 Å². The molecule has 0 saturated heterocycles. The van der Waals surface area contributed by atoms with Gasteiger partial charge in [0.2, 0.25) is 0 Å². The third-order valence-electron chi connectivity index (χ3n) is 2.79. The molecule has 0 saturated carbocycles. The van der Waals surface area contributed by atoms with Crippen molar-refractivity contribution in [3.8, 4) is 5.75 Å². The van der Waals surface area contributed by atoms with Crippen LogP contribution >= 0.6 is 27.5 Å². The fraction of sp³-hybridized carbons (Fsp3) is 0.133. The molecule has 0 spiro atoms. The van der Waals surface area contributed by atoms with Crippen LogP contribution in [-0.4, -0.2) is 13.0 Å². The zero-order chi connectivity index (χ0) is 14.5. The molecule has 1 N–H and O–H groups in total. The molecule has 0 bridgehead atoms. The van der Waals surface area contributed by atoms with Crippen LogP contribution in [0.5, 0.6) is 5.75 Å². The molecule has 0 aliphatic heterocycles. The highest BCUT2D eigenvalue weighted by atomic mass is 79.9. The normalized spacial score (nSPS) is 10.2. The summed E-state index contributed by atoms with van der Waals surface area (Å²) in [5.41, 5.74) is 1.52. The Morgan fingerprint density at radius 3 is 2.70 bits per heavy atom. The van der Waals surface area contributed by atoms with Crippen LogP contribution in [0.25, 0.3) is 0 Å². The van der Waals surface area contributed by atoms with Gasteiger partial charge in [-0.25, -0.2) is 0 Å². The Morgan fingerprint density at radius 2 is 2.05 bits per heavy atom. The van der Waals surface area contributed by atoms with E-state index < -0.39 is 0 Å². The molecular weight excluding hydrogens is 342 g/mol. The minimum absolute atomic E-state index is 0.135. The molecule has 0 fully saturated rings. The molecule has 0 aliphatic rings. The van der Waals surface area contributed by atoms with Crippen molar-refractivity contribution in [3.63, 3.8) is 0 Å². The maximum atomic E-state index is 12.0. The molecule has 5 heteroatoms. The Morgan fingerprint density at radius 1 is 1.30 bits per heavy atom. The zero-order valence-corrected chi connectivity index (χ0v) is 13.2. The predicted molar refractivity (Wildman–Crippen MR) is 83.3 cm³/mol. The molecule has 0 atom stereocenters. The lowest BCUT2D eigenvalue weighted by Gasteiger charge is -2.08. The van der Waals surface area contributed by atoms with Gasteiger partial charge in [-0.05, 0) is 45.8 Å². The smallest absolute Gasteiger partial charge is 0.252 e. The third-order valence-corrected chi connectivity index (χ3v) is 3.77. The highest BCUT2D eigenvalue weighted by Crippen LogP contribution is 2.25. The zero-order valence-electron chi connectivity index (χ0n) is 10.8. The van der Waals surface area contributed by atoms with Crippen LogP contribution in [0.2, 0.25) is 5.02 Å². The van der Waals surface area contributed by atoms with Crippen LogP contribution in [0.1, 0.15) is 15.9 Å². The molecule has 2 rings (SSSR count). The molecule has 104 valence electrons. The summed E-state index contributed by atoms with van der Waals surface area (Å²) < 4.78 is 5.85. The summed E-state index contributed by atoms with van der Waals surface area (Å²) in [5.74, 6) is 0.483. The molecule has 2 aromatic rings. The Labute approximate surface area is 131 Å². The Hall–Kier alpha value is -1.52. The first-order chi connectivity index (χ1) is 9.61. The van der Waals surface area contributed by atoms with Gasteiger partial charge < -0.3 is 10.1 Å². The van der Waals surface area contributed by atoms with Crippen molar-refractivity contribution in [1.29, 1.82) is 0 Å². The van der Waals surface area contributed by atoms with Gasteiger partial charge in [-0.2, -0.15) is 0 Å². The predicted octanol–water partition coefficient (Wildman–Crippen LogP) is 4.04. The SMILES string of the molecule is COc1ccc(CNC(=O)c2ccccc2Br)cc1Cl. The van der Waals surface area contributed by atoms with Gasteiger partial charge in [0, 0.05) is 11.0 Å². The largest absolute Gasteiger partial charge is 0.495 e. The second kappa shape index (κ2) is 6.77. The highest BCUT2D eigenvalue weighted by Gasteiger charge is 2.09. The number of rotatable bonds is 4. The van der Waals surface area contributed by atoms with Gasteiger partial charge in [-0.3, -0.25) is 4.79 Å². The average molecular weight is 355 g/mol. The van der Waals surface area contributed by atoms with E-state index in [0.717, 1.165) is 10.0 Å². The van der Waals surface area contributed by atoms with Gasteiger partial charge in [0.25, 0.3) is 5.91 Å². The van der Waals surface area contributed by atoms with Crippen molar-refractivity contribution in [2.75, 3.05) is 7.11 Å². The molecule has 0 aromatic heterocycles. The van der Waals surface area contributed by atoms with Crippen LogP contribution < -0.4 is 10.1 Å².